The fourth-order valence-corrected chi connectivity index (χ4v) is 3.90. The van der Waals surface area contributed by atoms with Crippen LogP contribution in [0.3, 0.4) is 0 Å². The van der Waals surface area contributed by atoms with Gasteiger partial charge >= 0.3 is 0 Å². The Bertz CT molecular complexity index is 941. The Hall–Kier alpha value is -2.73. The normalized spacial score (nSPS) is 21.0. The van der Waals surface area contributed by atoms with Crippen molar-refractivity contribution in [1.29, 1.82) is 0 Å². The number of fused-ring (bicyclic) bond motifs is 1. The fraction of sp³-hybridized carbons (Fsp3) is 0.227. The highest BCUT2D eigenvalue weighted by Gasteiger charge is 2.47. The minimum absolute atomic E-state index is 0.123. The third-order valence-corrected chi connectivity index (χ3v) is 5.65. The van der Waals surface area contributed by atoms with E-state index in [1.54, 1.807) is 48.5 Å². The molecule has 0 radical (unpaired) electrons. The molecule has 0 unspecified atom stereocenters. The molecule has 0 saturated carbocycles. The predicted molar refractivity (Wildman–Crippen MR) is 108 cm³/mol. The van der Waals surface area contributed by atoms with Gasteiger partial charge in [0, 0.05) is 16.1 Å². The highest BCUT2D eigenvalue weighted by atomic mass is 79.9. The second-order valence-corrected chi connectivity index (χ2v) is 7.80. The number of carbonyl (C=O) groups is 3. The van der Waals surface area contributed by atoms with Crippen molar-refractivity contribution in [2.75, 3.05) is 11.5 Å². The molecule has 0 spiro atoms. The van der Waals surface area contributed by atoms with E-state index >= 15 is 0 Å². The van der Waals surface area contributed by atoms with Gasteiger partial charge in [-0.15, -0.1) is 0 Å². The molecular formula is C22H18BrNO4. The number of ether oxygens (including phenoxy) is 1. The lowest BCUT2D eigenvalue weighted by Gasteiger charge is -2.16. The Morgan fingerprint density at radius 2 is 1.64 bits per heavy atom. The number of Topliss-reactive ketones (excluding diaryl/α,β-unsaturated/α-hetero) is 1. The summed E-state index contributed by atoms with van der Waals surface area (Å²) in [5.41, 5.74) is 1.04. The van der Waals surface area contributed by atoms with Crippen molar-refractivity contribution >= 4 is 39.2 Å². The lowest BCUT2D eigenvalue weighted by atomic mass is 9.85. The highest BCUT2D eigenvalue weighted by molar-refractivity contribution is 9.10. The van der Waals surface area contributed by atoms with Crippen LogP contribution in [0, 0.1) is 11.8 Å². The number of halogens is 1. The van der Waals surface area contributed by atoms with Gasteiger partial charge in [-0.3, -0.25) is 14.4 Å². The predicted octanol–water partition coefficient (Wildman–Crippen LogP) is 4.17. The number of rotatable bonds is 5. The zero-order valence-corrected chi connectivity index (χ0v) is 16.6. The quantitative estimate of drug-likeness (QED) is 0.398. The van der Waals surface area contributed by atoms with Gasteiger partial charge in [0.15, 0.2) is 12.4 Å². The van der Waals surface area contributed by atoms with E-state index in [0.29, 0.717) is 29.8 Å². The number of amides is 2. The first kappa shape index (κ1) is 18.6. The maximum absolute atomic E-state index is 12.7. The van der Waals surface area contributed by atoms with E-state index in [1.165, 1.54) is 4.90 Å². The number of carbonyl (C=O) groups excluding carboxylic acids is 3. The second kappa shape index (κ2) is 7.72. The topological polar surface area (TPSA) is 63.7 Å². The summed E-state index contributed by atoms with van der Waals surface area (Å²) in [7, 11) is 0. The van der Waals surface area contributed by atoms with Gasteiger partial charge in [-0.2, -0.15) is 0 Å². The molecule has 2 aliphatic rings. The zero-order valence-electron chi connectivity index (χ0n) is 15.0. The molecule has 1 heterocycles. The van der Waals surface area contributed by atoms with Crippen molar-refractivity contribution in [2.24, 2.45) is 11.8 Å². The number of benzene rings is 2. The Morgan fingerprint density at radius 3 is 2.29 bits per heavy atom. The first-order valence-corrected chi connectivity index (χ1v) is 9.88. The summed E-state index contributed by atoms with van der Waals surface area (Å²) in [6.45, 7) is -0.123. The number of anilines is 1. The highest BCUT2D eigenvalue weighted by Crippen LogP contribution is 2.38. The maximum atomic E-state index is 12.7. The molecule has 1 aliphatic heterocycles. The molecular weight excluding hydrogens is 422 g/mol. The second-order valence-electron chi connectivity index (χ2n) is 6.88. The molecule has 1 fully saturated rings. The molecule has 6 heteroatoms. The van der Waals surface area contributed by atoms with Gasteiger partial charge in [-0.1, -0.05) is 46.3 Å². The largest absolute Gasteiger partial charge is 0.485 e. The standard InChI is InChI=1S/C22H18BrNO4/c23-15-10-8-14(9-11-15)20(25)13-28-17-5-3-4-16(12-17)24-21(26)18-6-1-2-7-19(18)22(24)27/h1-5,8-12,18-19H,6-7,13H2/t18-,19-/m0/s1. The summed E-state index contributed by atoms with van der Waals surface area (Å²) in [6, 6.07) is 13.8. The Morgan fingerprint density at radius 1 is 1.00 bits per heavy atom. The van der Waals surface area contributed by atoms with Gasteiger partial charge in [0.25, 0.3) is 0 Å². The third kappa shape index (κ3) is 3.52. The molecule has 0 bridgehead atoms. The lowest BCUT2D eigenvalue weighted by molar-refractivity contribution is -0.122. The molecule has 2 atom stereocenters. The first-order chi connectivity index (χ1) is 13.5. The first-order valence-electron chi connectivity index (χ1n) is 9.09. The van der Waals surface area contributed by atoms with Gasteiger partial charge in [0.05, 0.1) is 17.5 Å². The summed E-state index contributed by atoms with van der Waals surface area (Å²) in [5, 5.41) is 0. The molecule has 4 rings (SSSR count). The molecule has 2 aromatic rings. The van der Waals surface area contributed by atoms with Crippen molar-refractivity contribution in [3.63, 3.8) is 0 Å². The Balaban J connectivity index is 1.47. The van der Waals surface area contributed by atoms with Crippen LogP contribution in [0.1, 0.15) is 23.2 Å². The molecule has 1 saturated heterocycles. The van der Waals surface area contributed by atoms with Crippen LogP contribution in [0.4, 0.5) is 5.69 Å². The summed E-state index contributed by atoms with van der Waals surface area (Å²) in [4.78, 5) is 39.0. The number of ketones is 1. The monoisotopic (exact) mass is 439 g/mol. The minimum atomic E-state index is -0.277. The van der Waals surface area contributed by atoms with Crippen molar-refractivity contribution in [3.05, 3.63) is 70.7 Å². The average Bonchev–Trinajstić information content (AvgIpc) is 2.98. The van der Waals surface area contributed by atoms with Gasteiger partial charge in [-0.05, 0) is 37.1 Å². The van der Waals surface area contributed by atoms with Gasteiger partial charge in [-0.25, -0.2) is 4.90 Å². The minimum Gasteiger partial charge on any atom is -0.485 e. The van der Waals surface area contributed by atoms with E-state index in [0.717, 1.165) is 4.47 Å². The molecule has 2 amide bonds. The van der Waals surface area contributed by atoms with Crippen LogP contribution in [-0.4, -0.2) is 24.2 Å². The molecule has 5 nitrogen and oxygen atoms in total. The van der Waals surface area contributed by atoms with Crippen LogP contribution in [0.15, 0.2) is 65.2 Å². The van der Waals surface area contributed by atoms with Gasteiger partial charge in [0.2, 0.25) is 11.8 Å². The number of nitrogens with zero attached hydrogens (tertiary/aromatic N) is 1. The maximum Gasteiger partial charge on any atom is 0.238 e. The number of imide groups is 1. The van der Waals surface area contributed by atoms with E-state index < -0.39 is 0 Å². The van der Waals surface area contributed by atoms with Crippen LogP contribution < -0.4 is 9.64 Å². The van der Waals surface area contributed by atoms with E-state index in [2.05, 4.69) is 15.9 Å². The van der Waals surface area contributed by atoms with Crippen LogP contribution in [0.2, 0.25) is 0 Å². The zero-order chi connectivity index (χ0) is 19.7. The van der Waals surface area contributed by atoms with Crippen LogP contribution in [0.5, 0.6) is 5.75 Å². The van der Waals surface area contributed by atoms with E-state index in [4.69, 9.17) is 4.74 Å². The van der Waals surface area contributed by atoms with Gasteiger partial charge in [0.1, 0.15) is 5.75 Å². The van der Waals surface area contributed by atoms with Crippen molar-refractivity contribution in [2.45, 2.75) is 12.8 Å². The third-order valence-electron chi connectivity index (χ3n) is 5.12. The number of hydrogen-bond donors (Lipinski definition) is 0. The molecule has 0 N–H and O–H groups in total. The average molecular weight is 440 g/mol. The number of hydrogen-bond acceptors (Lipinski definition) is 4. The molecule has 1 aliphatic carbocycles. The van der Waals surface area contributed by atoms with Crippen molar-refractivity contribution < 1.29 is 19.1 Å². The molecule has 142 valence electrons. The summed E-state index contributed by atoms with van der Waals surface area (Å²) in [5.74, 6) is -0.591. The molecule has 0 aromatic heterocycles. The van der Waals surface area contributed by atoms with Crippen molar-refractivity contribution in [1.82, 2.24) is 0 Å². The van der Waals surface area contributed by atoms with Crippen LogP contribution in [0.25, 0.3) is 0 Å². The lowest BCUT2D eigenvalue weighted by Crippen LogP contribution is -2.30. The molecule has 2 aromatic carbocycles. The van der Waals surface area contributed by atoms with Crippen molar-refractivity contribution in [3.8, 4) is 5.75 Å². The number of allylic oxidation sites excluding steroid dienone is 2. The van der Waals surface area contributed by atoms with Crippen LogP contribution in [-0.2, 0) is 9.59 Å². The van der Waals surface area contributed by atoms with E-state index in [9.17, 15) is 14.4 Å². The Kier molecular flexibility index (Phi) is 5.13. The molecule has 28 heavy (non-hydrogen) atoms. The fourth-order valence-electron chi connectivity index (χ4n) is 3.64. The SMILES string of the molecule is O=C(COc1cccc(N2C(=O)[C@H]3CC=CC[C@@H]3C2=O)c1)c1ccc(Br)cc1. The summed E-state index contributed by atoms with van der Waals surface area (Å²) < 4.78 is 6.52. The van der Waals surface area contributed by atoms with E-state index in [1.807, 2.05) is 12.2 Å². The Labute approximate surface area is 171 Å². The smallest absolute Gasteiger partial charge is 0.238 e. The summed E-state index contributed by atoms with van der Waals surface area (Å²) in [6.07, 6.45) is 5.12. The van der Waals surface area contributed by atoms with Crippen LogP contribution >= 0.6 is 15.9 Å². The van der Waals surface area contributed by atoms with E-state index in [-0.39, 0.29) is 36.0 Å². The summed E-state index contributed by atoms with van der Waals surface area (Å²) >= 11 is 3.34. The van der Waals surface area contributed by atoms with Gasteiger partial charge < -0.3 is 4.74 Å².